The number of nitrogens with one attached hydrogen (secondary N) is 1. The molecule has 1 amide bonds. The molecule has 1 aromatic rings. The number of halogens is 2. The van der Waals surface area contributed by atoms with Crippen LogP contribution in [0.3, 0.4) is 0 Å². The third-order valence-corrected chi connectivity index (χ3v) is 2.43. The number of hydrogen-bond donors (Lipinski definition) is 2. The van der Waals surface area contributed by atoms with Gasteiger partial charge in [-0.1, -0.05) is 6.07 Å². The maximum Gasteiger partial charge on any atom is 0.252 e. The second-order valence-electron chi connectivity index (χ2n) is 2.65. The summed E-state index contributed by atoms with van der Waals surface area (Å²) in [6, 6.07) is 4.31. The van der Waals surface area contributed by atoms with E-state index in [1.54, 1.807) is 6.07 Å². The lowest BCUT2D eigenvalue weighted by Gasteiger charge is -2.05. The predicted octanol–water partition coefficient (Wildman–Crippen LogP) is 1.28. The minimum absolute atomic E-state index is 0.175. The van der Waals surface area contributed by atoms with Crippen molar-refractivity contribution < 1.29 is 9.18 Å². The summed E-state index contributed by atoms with van der Waals surface area (Å²) in [6.07, 6.45) is 0. The lowest BCUT2D eigenvalue weighted by molar-refractivity contribution is 0.0953. The molecule has 14 heavy (non-hydrogen) atoms. The van der Waals surface area contributed by atoms with Crippen LogP contribution >= 0.6 is 15.9 Å². The van der Waals surface area contributed by atoms with E-state index in [4.69, 9.17) is 5.73 Å². The van der Waals surface area contributed by atoms with Crippen molar-refractivity contribution >= 4 is 21.8 Å². The maximum atomic E-state index is 13.0. The van der Waals surface area contributed by atoms with Gasteiger partial charge in [0.25, 0.3) is 5.91 Å². The van der Waals surface area contributed by atoms with Gasteiger partial charge in [0.2, 0.25) is 0 Å². The number of carbonyl (C=O) groups is 1. The van der Waals surface area contributed by atoms with Crippen LogP contribution in [0, 0.1) is 5.82 Å². The quantitative estimate of drug-likeness (QED) is 0.861. The first kappa shape index (κ1) is 11.1. The van der Waals surface area contributed by atoms with Crippen molar-refractivity contribution in [2.75, 3.05) is 13.1 Å². The Morgan fingerprint density at radius 2 is 2.29 bits per heavy atom. The fraction of sp³-hybridized carbons (Fsp3) is 0.222. The highest BCUT2D eigenvalue weighted by molar-refractivity contribution is 9.10. The molecule has 76 valence electrons. The smallest absolute Gasteiger partial charge is 0.252 e. The van der Waals surface area contributed by atoms with Gasteiger partial charge in [-0.2, -0.15) is 0 Å². The molecule has 3 N–H and O–H groups in total. The summed E-state index contributed by atoms with van der Waals surface area (Å²) in [5.74, 6) is -0.785. The Balaban J connectivity index is 2.84. The maximum absolute atomic E-state index is 13.0. The zero-order valence-electron chi connectivity index (χ0n) is 7.39. The summed E-state index contributed by atoms with van der Waals surface area (Å²) in [6.45, 7) is 0.737. The topological polar surface area (TPSA) is 55.1 Å². The molecule has 0 unspecified atom stereocenters. The van der Waals surface area contributed by atoms with Gasteiger partial charge in [-0.3, -0.25) is 4.79 Å². The molecule has 3 nitrogen and oxygen atoms in total. The van der Waals surface area contributed by atoms with Gasteiger partial charge < -0.3 is 11.1 Å². The largest absolute Gasteiger partial charge is 0.351 e. The molecule has 0 heterocycles. The third kappa shape index (κ3) is 2.52. The van der Waals surface area contributed by atoms with Gasteiger partial charge in [-0.05, 0) is 28.1 Å². The van der Waals surface area contributed by atoms with E-state index in [1.807, 2.05) is 0 Å². The van der Waals surface area contributed by atoms with E-state index in [1.165, 1.54) is 12.1 Å². The standard InChI is InChI=1S/C9H10BrFN2O/c10-8-6(2-1-3-7(8)11)9(14)13-5-4-12/h1-3H,4-5,12H2,(H,13,14). The molecular weight excluding hydrogens is 251 g/mol. The van der Waals surface area contributed by atoms with Crippen LogP contribution < -0.4 is 11.1 Å². The average molecular weight is 261 g/mol. The van der Waals surface area contributed by atoms with E-state index < -0.39 is 5.82 Å². The van der Waals surface area contributed by atoms with Gasteiger partial charge >= 0.3 is 0 Å². The highest BCUT2D eigenvalue weighted by Gasteiger charge is 2.11. The lowest BCUT2D eigenvalue weighted by Crippen LogP contribution is -2.29. The van der Waals surface area contributed by atoms with E-state index in [0.29, 0.717) is 13.1 Å². The van der Waals surface area contributed by atoms with Crippen molar-refractivity contribution in [3.05, 3.63) is 34.1 Å². The molecule has 1 aromatic carbocycles. The number of hydrogen-bond acceptors (Lipinski definition) is 2. The Morgan fingerprint density at radius 3 is 2.93 bits per heavy atom. The predicted molar refractivity (Wildman–Crippen MR) is 55.5 cm³/mol. The van der Waals surface area contributed by atoms with Crippen molar-refractivity contribution in [2.24, 2.45) is 5.73 Å². The van der Waals surface area contributed by atoms with E-state index in [2.05, 4.69) is 21.2 Å². The molecule has 0 aliphatic rings. The summed E-state index contributed by atoms with van der Waals surface area (Å²) in [4.78, 5) is 11.4. The molecular formula is C9H10BrFN2O. The molecule has 5 heteroatoms. The summed E-state index contributed by atoms with van der Waals surface area (Å²) in [7, 11) is 0. The van der Waals surface area contributed by atoms with E-state index in [0.717, 1.165) is 0 Å². The van der Waals surface area contributed by atoms with Gasteiger partial charge in [0.05, 0.1) is 10.0 Å². The molecule has 0 radical (unpaired) electrons. The Morgan fingerprint density at radius 1 is 1.57 bits per heavy atom. The molecule has 1 rings (SSSR count). The van der Waals surface area contributed by atoms with Crippen LogP contribution in [0.25, 0.3) is 0 Å². The molecule has 0 saturated carbocycles. The Hall–Kier alpha value is -0.940. The minimum Gasteiger partial charge on any atom is -0.351 e. The van der Waals surface area contributed by atoms with Crippen molar-refractivity contribution in [2.45, 2.75) is 0 Å². The first-order valence-corrected chi connectivity index (χ1v) is 4.88. The number of carbonyl (C=O) groups excluding carboxylic acids is 1. The number of amides is 1. The van der Waals surface area contributed by atoms with Crippen LogP contribution in [0.2, 0.25) is 0 Å². The number of benzene rings is 1. The number of rotatable bonds is 3. The van der Waals surface area contributed by atoms with Gasteiger partial charge in [0, 0.05) is 13.1 Å². The average Bonchev–Trinajstić information content (AvgIpc) is 2.18. The minimum atomic E-state index is -0.453. The van der Waals surface area contributed by atoms with Crippen LogP contribution in [0.4, 0.5) is 4.39 Å². The van der Waals surface area contributed by atoms with Gasteiger partial charge in [0.15, 0.2) is 0 Å². The zero-order chi connectivity index (χ0) is 10.6. The fourth-order valence-corrected chi connectivity index (χ4v) is 1.40. The van der Waals surface area contributed by atoms with Crippen LogP contribution in [-0.2, 0) is 0 Å². The van der Waals surface area contributed by atoms with Crippen molar-refractivity contribution in [3.8, 4) is 0 Å². The van der Waals surface area contributed by atoms with Crippen molar-refractivity contribution in [1.29, 1.82) is 0 Å². The van der Waals surface area contributed by atoms with Gasteiger partial charge in [-0.25, -0.2) is 4.39 Å². The molecule has 0 spiro atoms. The van der Waals surface area contributed by atoms with Gasteiger partial charge in [-0.15, -0.1) is 0 Å². The molecule has 0 aliphatic carbocycles. The molecule has 0 aromatic heterocycles. The monoisotopic (exact) mass is 260 g/mol. The lowest BCUT2D eigenvalue weighted by atomic mass is 10.2. The van der Waals surface area contributed by atoms with E-state index >= 15 is 0 Å². The summed E-state index contributed by atoms with van der Waals surface area (Å²) in [5, 5.41) is 2.56. The number of nitrogens with two attached hydrogens (primary N) is 1. The summed E-state index contributed by atoms with van der Waals surface area (Å²) < 4.78 is 13.2. The normalized spacial score (nSPS) is 9.93. The Bertz CT molecular complexity index is 344. The third-order valence-electron chi connectivity index (χ3n) is 1.63. The molecule has 0 saturated heterocycles. The summed E-state index contributed by atoms with van der Waals surface area (Å²) >= 11 is 3.01. The SMILES string of the molecule is NCCNC(=O)c1cccc(F)c1Br. The van der Waals surface area contributed by atoms with Crippen molar-refractivity contribution in [3.63, 3.8) is 0 Å². The van der Waals surface area contributed by atoms with Crippen LogP contribution in [0.5, 0.6) is 0 Å². The van der Waals surface area contributed by atoms with E-state index in [9.17, 15) is 9.18 Å². The van der Waals surface area contributed by atoms with Crippen LogP contribution in [-0.4, -0.2) is 19.0 Å². The molecule has 0 aliphatic heterocycles. The fourth-order valence-electron chi connectivity index (χ4n) is 0.960. The van der Waals surface area contributed by atoms with Crippen LogP contribution in [0.1, 0.15) is 10.4 Å². The first-order valence-electron chi connectivity index (χ1n) is 4.09. The second-order valence-corrected chi connectivity index (χ2v) is 3.44. The Kier molecular flexibility index (Phi) is 4.03. The summed E-state index contributed by atoms with van der Waals surface area (Å²) in [5.41, 5.74) is 5.50. The first-order chi connectivity index (χ1) is 6.66. The zero-order valence-corrected chi connectivity index (χ0v) is 8.97. The second kappa shape index (κ2) is 5.07. The molecule has 0 fully saturated rings. The molecule has 0 atom stereocenters. The Labute approximate surface area is 89.6 Å². The van der Waals surface area contributed by atoms with E-state index in [-0.39, 0.29) is 15.9 Å². The highest BCUT2D eigenvalue weighted by atomic mass is 79.9. The van der Waals surface area contributed by atoms with Gasteiger partial charge in [0.1, 0.15) is 5.82 Å². The highest BCUT2D eigenvalue weighted by Crippen LogP contribution is 2.19. The van der Waals surface area contributed by atoms with Crippen LogP contribution in [0.15, 0.2) is 22.7 Å². The van der Waals surface area contributed by atoms with Crippen molar-refractivity contribution in [1.82, 2.24) is 5.32 Å². The molecule has 0 bridgehead atoms.